The van der Waals surface area contributed by atoms with Crippen molar-refractivity contribution in [1.29, 1.82) is 0 Å². The van der Waals surface area contributed by atoms with Crippen LogP contribution in [0.1, 0.15) is 316 Å². The van der Waals surface area contributed by atoms with Crippen LogP contribution in [0.4, 0.5) is 0 Å². The van der Waals surface area contributed by atoms with Crippen LogP contribution in [-0.2, 0) is 28.6 Å². The van der Waals surface area contributed by atoms with E-state index in [0.717, 1.165) is 128 Å². The Morgan fingerprint density at radius 2 is 0.481 bits per heavy atom. The van der Waals surface area contributed by atoms with E-state index in [9.17, 15) is 14.4 Å². The van der Waals surface area contributed by atoms with Gasteiger partial charge in [0, 0.05) is 19.3 Å². The minimum absolute atomic E-state index is 0.0871. The van der Waals surface area contributed by atoms with Gasteiger partial charge in [0.2, 0.25) is 0 Å². The molecule has 6 nitrogen and oxygen atoms in total. The second kappa shape index (κ2) is 68.3. The van der Waals surface area contributed by atoms with Crippen LogP contribution in [0.15, 0.2) is 122 Å². The Morgan fingerprint density at radius 1 is 0.259 bits per heavy atom. The third kappa shape index (κ3) is 66.5. The number of esters is 3. The van der Waals surface area contributed by atoms with Crippen LogP contribution in [0.5, 0.6) is 0 Å². The molecule has 1 unspecified atom stereocenters. The Kier molecular flexibility index (Phi) is 64.8. The van der Waals surface area contributed by atoms with Gasteiger partial charge in [0.05, 0.1) is 0 Å². The Labute approximate surface area is 501 Å². The number of ether oxygens (including phenoxy) is 3. The number of allylic oxidation sites excluding steroid dienone is 20. The number of unbranched alkanes of at least 4 members (excludes halogenated alkanes) is 30. The van der Waals surface area contributed by atoms with Gasteiger partial charge < -0.3 is 14.2 Å². The van der Waals surface area contributed by atoms with Gasteiger partial charge in [0.15, 0.2) is 6.10 Å². The van der Waals surface area contributed by atoms with Gasteiger partial charge in [-0.05, 0) is 128 Å². The van der Waals surface area contributed by atoms with Crippen molar-refractivity contribution in [3.63, 3.8) is 0 Å². The first-order chi connectivity index (χ1) is 40.0. The highest BCUT2D eigenvalue weighted by Gasteiger charge is 2.19. The molecule has 0 amide bonds. The summed E-state index contributed by atoms with van der Waals surface area (Å²) in [6.45, 7) is 6.42. The molecule has 0 spiro atoms. The van der Waals surface area contributed by atoms with Gasteiger partial charge in [0.1, 0.15) is 13.2 Å². The van der Waals surface area contributed by atoms with E-state index < -0.39 is 6.10 Å². The molecule has 81 heavy (non-hydrogen) atoms. The molecule has 0 rings (SSSR count). The molecule has 0 saturated heterocycles. The summed E-state index contributed by atoms with van der Waals surface area (Å²) in [7, 11) is 0. The Bertz CT molecular complexity index is 1670. The fourth-order valence-electron chi connectivity index (χ4n) is 9.40. The molecular weight excluding hydrogens is 997 g/mol. The summed E-state index contributed by atoms with van der Waals surface area (Å²) >= 11 is 0. The zero-order valence-electron chi connectivity index (χ0n) is 53.0. The summed E-state index contributed by atoms with van der Waals surface area (Å²) in [5.41, 5.74) is 0. The minimum Gasteiger partial charge on any atom is -0.462 e. The largest absolute Gasteiger partial charge is 0.462 e. The lowest BCUT2D eigenvalue weighted by Crippen LogP contribution is -2.30. The molecule has 0 aromatic carbocycles. The maximum absolute atomic E-state index is 13.0. The Hall–Kier alpha value is -4.19. The fourth-order valence-corrected chi connectivity index (χ4v) is 9.40. The summed E-state index contributed by atoms with van der Waals surface area (Å²) in [6.07, 6.45) is 94.9. The van der Waals surface area contributed by atoms with Gasteiger partial charge in [-0.25, -0.2) is 0 Å². The van der Waals surface area contributed by atoms with E-state index in [1.807, 2.05) is 0 Å². The molecule has 0 fully saturated rings. The standard InChI is InChI=1S/C75H126O6/c1-4-7-10-13-16-19-22-25-28-30-32-34-36-37-39-40-42-44-47-50-53-56-59-62-65-68-74(77)80-71-72(70-79-73(76)67-64-61-58-55-52-49-46-27-24-21-18-15-12-9-6-3)81-75(78)69-66-63-60-57-54-51-48-45-43-41-38-35-33-31-29-26-23-20-17-14-11-8-5-2/h7-8,10-11,16-17,19-20,25-29,32-35,41,43,46,72H,4-6,9,12-15,18,21-24,30-31,36-40,42,44-45,47-71H2,1-3H3/b10-7-,11-8-,19-16-,20-17-,28-25-,29-26-,34-32-,35-33-,43-41-,46-27-. The summed E-state index contributed by atoms with van der Waals surface area (Å²) in [4.78, 5) is 38.4. The lowest BCUT2D eigenvalue weighted by molar-refractivity contribution is -0.167. The van der Waals surface area contributed by atoms with Gasteiger partial charge >= 0.3 is 17.9 Å². The van der Waals surface area contributed by atoms with Crippen molar-refractivity contribution in [2.24, 2.45) is 0 Å². The lowest BCUT2D eigenvalue weighted by Gasteiger charge is -2.18. The van der Waals surface area contributed by atoms with Gasteiger partial charge in [-0.3, -0.25) is 14.4 Å². The predicted molar refractivity (Wildman–Crippen MR) is 353 cm³/mol. The number of rotatable bonds is 61. The molecule has 0 aliphatic carbocycles. The maximum atomic E-state index is 13.0. The smallest absolute Gasteiger partial charge is 0.306 e. The van der Waals surface area contributed by atoms with E-state index in [4.69, 9.17) is 14.2 Å². The molecule has 0 radical (unpaired) electrons. The van der Waals surface area contributed by atoms with Crippen LogP contribution in [0.2, 0.25) is 0 Å². The fraction of sp³-hybridized carbons (Fsp3) is 0.693. The number of hydrogen-bond acceptors (Lipinski definition) is 6. The lowest BCUT2D eigenvalue weighted by atomic mass is 10.0. The number of carbonyl (C=O) groups excluding carboxylic acids is 3. The molecular formula is C75H126O6. The highest BCUT2D eigenvalue weighted by molar-refractivity contribution is 5.71. The van der Waals surface area contributed by atoms with Crippen molar-refractivity contribution in [1.82, 2.24) is 0 Å². The average Bonchev–Trinajstić information content (AvgIpc) is 3.47. The first-order valence-corrected chi connectivity index (χ1v) is 34.0. The van der Waals surface area contributed by atoms with Crippen molar-refractivity contribution >= 4 is 17.9 Å². The second-order valence-electron chi connectivity index (χ2n) is 22.3. The van der Waals surface area contributed by atoms with Gasteiger partial charge in [-0.15, -0.1) is 0 Å². The second-order valence-corrected chi connectivity index (χ2v) is 22.3. The topological polar surface area (TPSA) is 78.9 Å². The molecule has 0 heterocycles. The normalized spacial score (nSPS) is 12.9. The highest BCUT2D eigenvalue weighted by atomic mass is 16.6. The van der Waals surface area contributed by atoms with Crippen molar-refractivity contribution < 1.29 is 28.6 Å². The molecule has 462 valence electrons. The van der Waals surface area contributed by atoms with E-state index in [1.54, 1.807) is 0 Å². The predicted octanol–water partition coefficient (Wildman–Crippen LogP) is 23.6. The summed E-state index contributed by atoms with van der Waals surface area (Å²) in [6, 6.07) is 0. The third-order valence-corrected chi connectivity index (χ3v) is 14.4. The molecule has 0 aromatic heterocycles. The average molecular weight is 1120 g/mol. The zero-order valence-corrected chi connectivity index (χ0v) is 53.0. The van der Waals surface area contributed by atoms with Crippen molar-refractivity contribution in [2.45, 2.75) is 322 Å². The first-order valence-electron chi connectivity index (χ1n) is 34.0. The van der Waals surface area contributed by atoms with E-state index in [1.165, 1.54) is 148 Å². The van der Waals surface area contributed by atoms with Crippen molar-refractivity contribution in [3.05, 3.63) is 122 Å². The van der Waals surface area contributed by atoms with Gasteiger partial charge in [-0.2, -0.15) is 0 Å². The van der Waals surface area contributed by atoms with Crippen LogP contribution >= 0.6 is 0 Å². The number of carbonyl (C=O) groups is 3. The molecule has 0 saturated carbocycles. The number of hydrogen-bond donors (Lipinski definition) is 0. The molecule has 0 aliphatic rings. The maximum Gasteiger partial charge on any atom is 0.306 e. The molecule has 6 heteroatoms. The summed E-state index contributed by atoms with van der Waals surface area (Å²) in [5, 5.41) is 0. The molecule has 0 bridgehead atoms. The molecule has 1 atom stereocenters. The SMILES string of the molecule is CC/C=C\C/C=C\C/C=C\C/C=C\C/C=C\CCCCCCCCCC(=O)OC(COC(=O)CCCCCCC/C=C\CCCCCCCC)COC(=O)CCCCCCCCCCCCCC/C=C\C/C=C\C/C=C\C/C=C\CC. The van der Waals surface area contributed by atoms with Crippen LogP contribution in [-0.4, -0.2) is 37.2 Å². The van der Waals surface area contributed by atoms with E-state index in [2.05, 4.69) is 142 Å². The summed E-state index contributed by atoms with van der Waals surface area (Å²) in [5.74, 6) is -0.899. The molecule has 0 aliphatic heterocycles. The van der Waals surface area contributed by atoms with Crippen molar-refractivity contribution in [2.75, 3.05) is 13.2 Å². The van der Waals surface area contributed by atoms with Crippen LogP contribution in [0.3, 0.4) is 0 Å². The monoisotopic (exact) mass is 1120 g/mol. The van der Waals surface area contributed by atoms with Gasteiger partial charge in [-0.1, -0.05) is 290 Å². The van der Waals surface area contributed by atoms with Crippen LogP contribution in [0, 0.1) is 0 Å². The van der Waals surface area contributed by atoms with E-state index >= 15 is 0 Å². The first kappa shape index (κ1) is 76.8. The minimum atomic E-state index is -0.793. The molecule has 0 N–H and O–H groups in total. The van der Waals surface area contributed by atoms with E-state index in [-0.39, 0.29) is 31.1 Å². The van der Waals surface area contributed by atoms with Gasteiger partial charge in [0.25, 0.3) is 0 Å². The quantitative estimate of drug-likeness (QED) is 0.0261. The Balaban J connectivity index is 4.38. The zero-order chi connectivity index (χ0) is 58.5. The van der Waals surface area contributed by atoms with Crippen LogP contribution < -0.4 is 0 Å². The van der Waals surface area contributed by atoms with Crippen LogP contribution in [0.25, 0.3) is 0 Å². The summed E-state index contributed by atoms with van der Waals surface area (Å²) < 4.78 is 17.0. The Morgan fingerprint density at radius 3 is 0.765 bits per heavy atom. The third-order valence-electron chi connectivity index (χ3n) is 14.4. The van der Waals surface area contributed by atoms with E-state index in [0.29, 0.717) is 19.3 Å². The van der Waals surface area contributed by atoms with Crippen molar-refractivity contribution in [3.8, 4) is 0 Å². The highest BCUT2D eigenvalue weighted by Crippen LogP contribution is 2.16. The molecule has 0 aromatic rings.